The van der Waals surface area contributed by atoms with Crippen molar-refractivity contribution in [3.05, 3.63) is 17.5 Å². The molecule has 1 atom stereocenters. The largest absolute Gasteiger partial charge is 0.352 e. The van der Waals surface area contributed by atoms with Crippen molar-refractivity contribution >= 4 is 5.95 Å². The van der Waals surface area contributed by atoms with Gasteiger partial charge in [-0.25, -0.2) is 9.97 Å². The third-order valence-electron chi connectivity index (χ3n) is 2.45. The average molecular weight is 207 g/mol. The van der Waals surface area contributed by atoms with Crippen LogP contribution in [0.4, 0.5) is 5.95 Å². The fourth-order valence-electron chi connectivity index (χ4n) is 1.28. The molecule has 0 aromatic carbocycles. The van der Waals surface area contributed by atoms with E-state index in [1.165, 1.54) is 0 Å². The predicted molar refractivity (Wildman–Crippen MR) is 64.2 cm³/mol. The van der Waals surface area contributed by atoms with Crippen LogP contribution in [0.5, 0.6) is 0 Å². The van der Waals surface area contributed by atoms with Crippen LogP contribution < -0.4 is 5.32 Å². The molecule has 0 spiro atoms. The first-order chi connectivity index (χ1) is 7.02. The molecule has 0 aliphatic heterocycles. The van der Waals surface area contributed by atoms with E-state index in [4.69, 9.17) is 0 Å². The van der Waals surface area contributed by atoms with E-state index in [-0.39, 0.29) is 0 Å². The Morgan fingerprint density at radius 1 is 1.27 bits per heavy atom. The van der Waals surface area contributed by atoms with Gasteiger partial charge in [0.2, 0.25) is 5.95 Å². The monoisotopic (exact) mass is 207 g/mol. The standard InChI is InChI=1S/C12H21N3/c1-6-9(4)13-12-14-10(5)7-11(15-12)8(2)3/h7-9H,6H2,1-5H3,(H,13,14,15). The molecular weight excluding hydrogens is 186 g/mol. The lowest BCUT2D eigenvalue weighted by atomic mass is 10.1. The summed E-state index contributed by atoms with van der Waals surface area (Å²) in [5.74, 6) is 1.21. The summed E-state index contributed by atoms with van der Waals surface area (Å²) in [7, 11) is 0. The van der Waals surface area contributed by atoms with Crippen LogP contribution in [-0.4, -0.2) is 16.0 Å². The highest BCUT2D eigenvalue weighted by atomic mass is 15.1. The molecule has 0 radical (unpaired) electrons. The van der Waals surface area contributed by atoms with E-state index in [2.05, 4.69) is 43.0 Å². The zero-order valence-corrected chi connectivity index (χ0v) is 10.3. The van der Waals surface area contributed by atoms with E-state index in [1.807, 2.05) is 13.0 Å². The number of hydrogen-bond donors (Lipinski definition) is 1. The summed E-state index contributed by atoms with van der Waals surface area (Å²) >= 11 is 0. The van der Waals surface area contributed by atoms with Crippen LogP contribution in [0.25, 0.3) is 0 Å². The molecule has 84 valence electrons. The molecule has 0 aliphatic rings. The van der Waals surface area contributed by atoms with Crippen molar-refractivity contribution in [2.75, 3.05) is 5.32 Å². The molecule has 3 heteroatoms. The number of nitrogens with one attached hydrogen (secondary N) is 1. The van der Waals surface area contributed by atoms with Gasteiger partial charge in [0.05, 0.1) is 0 Å². The Morgan fingerprint density at radius 3 is 2.47 bits per heavy atom. The van der Waals surface area contributed by atoms with Crippen molar-refractivity contribution in [1.82, 2.24) is 9.97 Å². The Bertz CT molecular complexity index is 321. The van der Waals surface area contributed by atoms with Gasteiger partial charge in [0, 0.05) is 17.4 Å². The maximum absolute atomic E-state index is 4.50. The number of aromatic nitrogens is 2. The first-order valence-electron chi connectivity index (χ1n) is 5.65. The summed E-state index contributed by atoms with van der Waals surface area (Å²) in [4.78, 5) is 8.88. The zero-order valence-electron chi connectivity index (χ0n) is 10.3. The van der Waals surface area contributed by atoms with Crippen LogP contribution in [0.1, 0.15) is 51.4 Å². The predicted octanol–water partition coefficient (Wildman–Crippen LogP) is 3.12. The van der Waals surface area contributed by atoms with Crippen LogP contribution in [0, 0.1) is 6.92 Å². The van der Waals surface area contributed by atoms with E-state index in [1.54, 1.807) is 0 Å². The second kappa shape index (κ2) is 5.10. The summed E-state index contributed by atoms with van der Waals surface area (Å²) in [6.45, 7) is 10.6. The second-order valence-electron chi connectivity index (χ2n) is 4.37. The molecule has 0 aliphatic carbocycles. The van der Waals surface area contributed by atoms with E-state index >= 15 is 0 Å². The van der Waals surface area contributed by atoms with Gasteiger partial charge in [-0.15, -0.1) is 0 Å². The van der Waals surface area contributed by atoms with Crippen molar-refractivity contribution in [2.45, 2.75) is 53.0 Å². The zero-order chi connectivity index (χ0) is 11.4. The third-order valence-corrected chi connectivity index (χ3v) is 2.45. The first kappa shape index (κ1) is 12.0. The molecule has 1 aromatic rings. The lowest BCUT2D eigenvalue weighted by Crippen LogP contribution is -2.16. The Morgan fingerprint density at radius 2 is 1.93 bits per heavy atom. The van der Waals surface area contributed by atoms with Crippen molar-refractivity contribution in [1.29, 1.82) is 0 Å². The van der Waals surface area contributed by atoms with E-state index < -0.39 is 0 Å². The molecule has 15 heavy (non-hydrogen) atoms. The fraction of sp³-hybridized carbons (Fsp3) is 0.667. The van der Waals surface area contributed by atoms with Crippen LogP contribution in [0.3, 0.4) is 0 Å². The molecule has 0 saturated heterocycles. The van der Waals surface area contributed by atoms with Gasteiger partial charge < -0.3 is 5.32 Å². The minimum absolute atomic E-state index is 0.423. The molecule has 1 unspecified atom stereocenters. The second-order valence-corrected chi connectivity index (χ2v) is 4.37. The molecule has 0 saturated carbocycles. The molecule has 3 nitrogen and oxygen atoms in total. The summed E-state index contributed by atoms with van der Waals surface area (Å²) < 4.78 is 0. The van der Waals surface area contributed by atoms with Crippen LogP contribution in [0.15, 0.2) is 6.07 Å². The molecule has 1 heterocycles. The van der Waals surface area contributed by atoms with Crippen LogP contribution in [0.2, 0.25) is 0 Å². The molecule has 1 aromatic heterocycles. The quantitative estimate of drug-likeness (QED) is 0.824. The van der Waals surface area contributed by atoms with Gasteiger partial charge in [-0.05, 0) is 32.3 Å². The van der Waals surface area contributed by atoms with Crippen LogP contribution >= 0.6 is 0 Å². The summed E-state index contributed by atoms with van der Waals surface area (Å²) in [6.07, 6.45) is 1.08. The number of anilines is 1. The highest BCUT2D eigenvalue weighted by molar-refractivity contribution is 5.30. The summed E-state index contributed by atoms with van der Waals surface area (Å²) in [6, 6.07) is 2.47. The Kier molecular flexibility index (Phi) is 4.06. The van der Waals surface area contributed by atoms with Gasteiger partial charge in [-0.1, -0.05) is 20.8 Å². The van der Waals surface area contributed by atoms with Gasteiger partial charge in [0.25, 0.3) is 0 Å². The van der Waals surface area contributed by atoms with Crippen molar-refractivity contribution in [2.24, 2.45) is 0 Å². The first-order valence-corrected chi connectivity index (χ1v) is 5.65. The highest BCUT2D eigenvalue weighted by Gasteiger charge is 2.07. The number of rotatable bonds is 4. The number of hydrogen-bond acceptors (Lipinski definition) is 3. The lowest BCUT2D eigenvalue weighted by Gasteiger charge is -2.13. The molecular formula is C12H21N3. The molecule has 0 amide bonds. The lowest BCUT2D eigenvalue weighted by molar-refractivity contribution is 0.741. The van der Waals surface area contributed by atoms with Crippen LogP contribution in [-0.2, 0) is 0 Å². The van der Waals surface area contributed by atoms with Gasteiger partial charge >= 0.3 is 0 Å². The minimum Gasteiger partial charge on any atom is -0.352 e. The van der Waals surface area contributed by atoms with Gasteiger partial charge in [-0.3, -0.25) is 0 Å². The number of aryl methyl sites for hydroxylation is 1. The SMILES string of the molecule is CCC(C)Nc1nc(C)cc(C(C)C)n1. The molecule has 1 N–H and O–H groups in total. The topological polar surface area (TPSA) is 37.8 Å². The third kappa shape index (κ3) is 3.50. The van der Waals surface area contributed by atoms with E-state index in [0.717, 1.165) is 23.8 Å². The number of nitrogens with zero attached hydrogens (tertiary/aromatic N) is 2. The maximum Gasteiger partial charge on any atom is 0.223 e. The summed E-state index contributed by atoms with van der Waals surface area (Å²) in [5.41, 5.74) is 2.13. The van der Waals surface area contributed by atoms with Gasteiger partial charge in [0.1, 0.15) is 0 Å². The molecule has 0 bridgehead atoms. The maximum atomic E-state index is 4.50. The van der Waals surface area contributed by atoms with Crippen molar-refractivity contribution in [3.8, 4) is 0 Å². The van der Waals surface area contributed by atoms with Crippen molar-refractivity contribution < 1.29 is 0 Å². The van der Waals surface area contributed by atoms with E-state index in [9.17, 15) is 0 Å². The van der Waals surface area contributed by atoms with E-state index in [0.29, 0.717) is 12.0 Å². The molecule has 1 rings (SSSR count). The average Bonchev–Trinajstić information content (AvgIpc) is 2.16. The normalized spacial score (nSPS) is 12.9. The molecule has 0 fully saturated rings. The van der Waals surface area contributed by atoms with Crippen molar-refractivity contribution in [3.63, 3.8) is 0 Å². The Hall–Kier alpha value is -1.12. The van der Waals surface area contributed by atoms with Gasteiger partial charge in [0.15, 0.2) is 0 Å². The fourth-order valence-corrected chi connectivity index (χ4v) is 1.28. The Balaban J connectivity index is 2.88. The highest BCUT2D eigenvalue weighted by Crippen LogP contribution is 2.14. The van der Waals surface area contributed by atoms with Gasteiger partial charge in [-0.2, -0.15) is 0 Å². The minimum atomic E-state index is 0.423. The Labute approximate surface area is 92.3 Å². The smallest absolute Gasteiger partial charge is 0.223 e. The summed E-state index contributed by atoms with van der Waals surface area (Å²) in [5, 5.41) is 3.31.